The fraction of sp³-hybridized carbons (Fsp3) is 0.462. The van der Waals surface area contributed by atoms with E-state index in [9.17, 15) is 14.7 Å². The number of aromatic nitrogens is 1. The quantitative estimate of drug-likeness (QED) is 0.439. The lowest BCUT2D eigenvalue weighted by Gasteiger charge is -2.44. The first-order valence-electron chi connectivity index (χ1n) is 12.2. The van der Waals surface area contributed by atoms with Crippen LogP contribution in [0.25, 0.3) is 10.9 Å². The number of thiophene rings is 1. The van der Waals surface area contributed by atoms with E-state index < -0.39 is 5.97 Å². The number of carbonyl (C=O) groups is 2. The van der Waals surface area contributed by atoms with Crippen LogP contribution in [-0.2, 0) is 29.1 Å². The first kappa shape index (κ1) is 30.7. The molecule has 2 aliphatic rings. The molecule has 2 aromatic heterocycles. The van der Waals surface area contributed by atoms with Gasteiger partial charge in [0.2, 0.25) is 5.91 Å². The average Bonchev–Trinajstić information content (AvgIpc) is 3.37. The summed E-state index contributed by atoms with van der Waals surface area (Å²) in [5.41, 5.74) is 2.67. The number of carboxylic acids is 1. The van der Waals surface area contributed by atoms with Gasteiger partial charge in [-0.05, 0) is 44.0 Å². The van der Waals surface area contributed by atoms with E-state index in [-0.39, 0.29) is 55.2 Å². The molecular formula is C26H32Cl3FN4O3S. The van der Waals surface area contributed by atoms with E-state index in [1.807, 2.05) is 46.4 Å². The van der Waals surface area contributed by atoms with Gasteiger partial charge in [0.25, 0.3) is 0 Å². The lowest BCUT2D eigenvalue weighted by molar-refractivity contribution is -0.142. The summed E-state index contributed by atoms with van der Waals surface area (Å²) in [6, 6.07) is 9.11. The molecule has 5 rings (SSSR count). The number of amides is 1. The molecular weight excluding hydrogens is 574 g/mol. The van der Waals surface area contributed by atoms with Gasteiger partial charge in [0.05, 0.1) is 36.0 Å². The molecule has 1 fully saturated rings. The molecule has 0 spiro atoms. The number of rotatable bonds is 6. The van der Waals surface area contributed by atoms with Crippen molar-refractivity contribution >= 4 is 70.5 Å². The molecule has 12 heteroatoms. The third-order valence-electron chi connectivity index (χ3n) is 7.38. The second-order valence-corrected chi connectivity index (χ2v) is 11.7. The van der Waals surface area contributed by atoms with Gasteiger partial charge in [0.15, 0.2) is 0 Å². The zero-order chi connectivity index (χ0) is 25.6. The lowest BCUT2D eigenvalue weighted by atomic mass is 10.0. The van der Waals surface area contributed by atoms with Crippen molar-refractivity contribution < 1.29 is 19.1 Å². The van der Waals surface area contributed by atoms with Crippen LogP contribution in [0.3, 0.4) is 0 Å². The Labute approximate surface area is 242 Å². The molecule has 1 N–H and O–H groups in total. The van der Waals surface area contributed by atoms with Gasteiger partial charge < -0.3 is 14.6 Å². The minimum Gasteiger partial charge on any atom is -0.480 e. The number of aliphatic carboxylic acids is 1. The van der Waals surface area contributed by atoms with E-state index in [0.717, 1.165) is 21.5 Å². The number of nitrogens with zero attached hydrogens (tertiary/aromatic N) is 4. The van der Waals surface area contributed by atoms with Gasteiger partial charge in [-0.3, -0.25) is 19.4 Å². The highest BCUT2D eigenvalue weighted by Gasteiger charge is 2.33. The summed E-state index contributed by atoms with van der Waals surface area (Å²) in [4.78, 5) is 31.6. The van der Waals surface area contributed by atoms with Crippen molar-refractivity contribution in [2.75, 3.05) is 32.7 Å². The Morgan fingerprint density at radius 1 is 1.11 bits per heavy atom. The number of fused-ring (bicyclic) bond motifs is 3. The number of carbonyl (C=O) groups excluding carboxylic acids is 1. The molecule has 0 saturated carbocycles. The zero-order valence-corrected chi connectivity index (χ0v) is 24.4. The van der Waals surface area contributed by atoms with Crippen LogP contribution in [0.1, 0.15) is 30.0 Å². The normalized spacial score (nSPS) is 20.1. The average molecular weight is 606 g/mol. The maximum absolute atomic E-state index is 15.0. The Kier molecular flexibility index (Phi) is 10.1. The number of carboxylic acid groups (broad SMARTS) is 1. The van der Waals surface area contributed by atoms with Crippen LogP contribution in [-0.4, -0.2) is 81.1 Å². The molecule has 0 unspecified atom stereocenters. The Bertz CT molecular complexity index is 1300. The summed E-state index contributed by atoms with van der Waals surface area (Å²) in [7, 11) is 0. The van der Waals surface area contributed by atoms with Crippen molar-refractivity contribution in [2.45, 2.75) is 45.4 Å². The van der Waals surface area contributed by atoms with Crippen LogP contribution in [0.15, 0.2) is 30.3 Å². The van der Waals surface area contributed by atoms with Gasteiger partial charge in [0, 0.05) is 47.7 Å². The highest BCUT2D eigenvalue weighted by Crippen LogP contribution is 2.34. The van der Waals surface area contributed by atoms with E-state index in [1.54, 1.807) is 6.07 Å². The molecule has 208 valence electrons. The summed E-state index contributed by atoms with van der Waals surface area (Å²) in [5.74, 6) is -1.05. The highest BCUT2D eigenvalue weighted by molar-refractivity contribution is 7.16. The Morgan fingerprint density at radius 2 is 1.82 bits per heavy atom. The molecule has 0 bridgehead atoms. The van der Waals surface area contributed by atoms with Gasteiger partial charge in [-0.2, -0.15) is 0 Å². The van der Waals surface area contributed by atoms with Crippen molar-refractivity contribution in [3.05, 3.63) is 56.6 Å². The van der Waals surface area contributed by atoms with Gasteiger partial charge in [0.1, 0.15) is 5.82 Å². The minimum atomic E-state index is -0.834. The molecule has 0 aliphatic carbocycles. The largest absolute Gasteiger partial charge is 0.480 e. The third-order valence-corrected chi connectivity index (χ3v) is 8.59. The highest BCUT2D eigenvalue weighted by atomic mass is 35.5. The summed E-state index contributed by atoms with van der Waals surface area (Å²) in [6.45, 7) is 7.14. The number of benzene rings is 1. The smallest absolute Gasteiger partial charge is 0.317 e. The molecule has 2 aliphatic heterocycles. The summed E-state index contributed by atoms with van der Waals surface area (Å²) >= 11 is 7.63. The SMILES string of the molecule is C[C@@H]1CN(CC(=O)N2CCc3c(n(Cc4ccc(Cl)s4)c4c(F)cccc34)C2)C[C@H](C)N1CC(=O)O.Cl.Cl. The van der Waals surface area contributed by atoms with Crippen LogP contribution < -0.4 is 0 Å². The predicted molar refractivity (Wildman–Crippen MR) is 154 cm³/mol. The fourth-order valence-corrected chi connectivity index (χ4v) is 6.86. The monoisotopic (exact) mass is 604 g/mol. The number of halogens is 4. The lowest BCUT2D eigenvalue weighted by Crippen LogP contribution is -2.59. The van der Waals surface area contributed by atoms with Crippen molar-refractivity contribution in [1.82, 2.24) is 19.3 Å². The van der Waals surface area contributed by atoms with Crippen LogP contribution in [0.2, 0.25) is 4.34 Å². The summed E-state index contributed by atoms with van der Waals surface area (Å²) in [6.07, 6.45) is 0.679. The molecule has 2 atom stereocenters. The van der Waals surface area contributed by atoms with E-state index in [1.165, 1.54) is 17.4 Å². The van der Waals surface area contributed by atoms with Crippen LogP contribution in [0, 0.1) is 5.82 Å². The van der Waals surface area contributed by atoms with Crippen LogP contribution in [0.4, 0.5) is 4.39 Å². The molecule has 38 heavy (non-hydrogen) atoms. The van der Waals surface area contributed by atoms with E-state index in [2.05, 4.69) is 4.90 Å². The second-order valence-electron chi connectivity index (χ2n) is 9.88. The molecule has 3 aromatic rings. The Balaban J connectivity index is 0.00000200. The number of hydrogen-bond acceptors (Lipinski definition) is 5. The van der Waals surface area contributed by atoms with E-state index >= 15 is 4.39 Å². The standard InChI is InChI=1S/C26H30ClFN4O3S.2ClH/c1-16-10-29(11-17(2)31(16)15-25(34)35)14-24(33)30-9-8-19-20-4-3-5-21(28)26(20)32(22(19)13-30)12-18-6-7-23(27)36-18;;/h3-7,16-17H,8-15H2,1-2H3,(H,34,35);2*1H/t16-,17+;;. The van der Waals surface area contributed by atoms with Gasteiger partial charge >= 0.3 is 5.97 Å². The third kappa shape index (κ3) is 6.13. The summed E-state index contributed by atoms with van der Waals surface area (Å²) < 4.78 is 17.7. The first-order valence-corrected chi connectivity index (χ1v) is 13.4. The van der Waals surface area contributed by atoms with Crippen molar-refractivity contribution in [1.29, 1.82) is 0 Å². The molecule has 1 saturated heterocycles. The van der Waals surface area contributed by atoms with Crippen molar-refractivity contribution in [2.24, 2.45) is 0 Å². The van der Waals surface area contributed by atoms with E-state index in [0.29, 0.717) is 55.5 Å². The maximum Gasteiger partial charge on any atom is 0.317 e. The van der Waals surface area contributed by atoms with Gasteiger partial charge in [-0.15, -0.1) is 36.2 Å². The topological polar surface area (TPSA) is 69.0 Å². The minimum absolute atomic E-state index is 0. The Hall–Kier alpha value is -1.88. The number of hydrogen-bond donors (Lipinski definition) is 1. The van der Waals surface area contributed by atoms with Crippen LogP contribution >= 0.6 is 47.8 Å². The first-order chi connectivity index (χ1) is 17.2. The van der Waals surface area contributed by atoms with Gasteiger partial charge in [-0.25, -0.2) is 4.39 Å². The van der Waals surface area contributed by atoms with Crippen molar-refractivity contribution in [3.63, 3.8) is 0 Å². The van der Waals surface area contributed by atoms with Crippen molar-refractivity contribution in [3.8, 4) is 0 Å². The summed E-state index contributed by atoms with van der Waals surface area (Å²) in [5, 5.41) is 10.1. The fourth-order valence-electron chi connectivity index (χ4n) is 5.79. The zero-order valence-electron chi connectivity index (χ0n) is 21.2. The number of piperazine rings is 1. The molecule has 4 heterocycles. The van der Waals surface area contributed by atoms with Gasteiger partial charge in [-0.1, -0.05) is 23.7 Å². The predicted octanol–water partition coefficient (Wildman–Crippen LogP) is 4.75. The van der Waals surface area contributed by atoms with Crippen LogP contribution in [0.5, 0.6) is 0 Å². The molecule has 1 aromatic carbocycles. The second kappa shape index (κ2) is 12.5. The Morgan fingerprint density at radius 3 is 2.45 bits per heavy atom. The van der Waals surface area contributed by atoms with E-state index in [4.69, 9.17) is 11.6 Å². The maximum atomic E-state index is 15.0. The molecule has 0 radical (unpaired) electrons. The molecule has 1 amide bonds. The number of para-hydroxylation sites is 1. The molecule has 7 nitrogen and oxygen atoms in total.